The number of carbonyl (C=O) groups is 1. The van der Waals surface area contributed by atoms with Crippen molar-refractivity contribution in [2.45, 2.75) is 45.4 Å². The summed E-state index contributed by atoms with van der Waals surface area (Å²) >= 11 is 0. The molecule has 1 fully saturated rings. The van der Waals surface area contributed by atoms with Crippen molar-refractivity contribution in [3.8, 4) is 0 Å². The Balaban J connectivity index is 1.55. The van der Waals surface area contributed by atoms with Gasteiger partial charge in [-0.15, -0.1) is 0 Å². The van der Waals surface area contributed by atoms with Gasteiger partial charge in [0.25, 0.3) is 0 Å². The number of hydrogen-bond donors (Lipinski definition) is 3. The Morgan fingerprint density at radius 3 is 2.88 bits per heavy atom. The summed E-state index contributed by atoms with van der Waals surface area (Å²) in [6, 6.07) is 5.26. The molecule has 1 aliphatic rings. The van der Waals surface area contributed by atoms with E-state index in [9.17, 15) is 4.79 Å². The summed E-state index contributed by atoms with van der Waals surface area (Å²) in [7, 11) is 0. The van der Waals surface area contributed by atoms with Crippen molar-refractivity contribution in [2.24, 2.45) is 11.8 Å². The molecule has 2 aromatic rings. The van der Waals surface area contributed by atoms with Crippen LogP contribution in [0.3, 0.4) is 0 Å². The van der Waals surface area contributed by atoms with Crippen LogP contribution in [-0.4, -0.2) is 29.3 Å². The maximum absolute atomic E-state index is 12.1. The van der Waals surface area contributed by atoms with Crippen molar-refractivity contribution in [3.05, 3.63) is 24.1 Å². The predicted molar refractivity (Wildman–Crippen MR) is 97.7 cm³/mol. The van der Waals surface area contributed by atoms with Crippen molar-refractivity contribution in [1.82, 2.24) is 10.3 Å². The highest BCUT2D eigenvalue weighted by Crippen LogP contribution is 2.40. The van der Waals surface area contributed by atoms with Gasteiger partial charge in [-0.25, -0.2) is 9.78 Å². The first-order valence-electron chi connectivity index (χ1n) is 9.11. The number of nitrogens with zero attached hydrogens (tertiary/aromatic N) is 1. The lowest BCUT2D eigenvalue weighted by molar-refractivity contribution is 0.231. The molecule has 6 heteroatoms. The van der Waals surface area contributed by atoms with E-state index in [0.29, 0.717) is 30.5 Å². The van der Waals surface area contributed by atoms with E-state index in [1.165, 1.54) is 0 Å². The van der Waals surface area contributed by atoms with Crippen molar-refractivity contribution in [3.63, 3.8) is 0 Å². The van der Waals surface area contributed by atoms with E-state index in [1.807, 2.05) is 18.2 Å². The average molecular weight is 345 g/mol. The van der Waals surface area contributed by atoms with Crippen LogP contribution in [0.5, 0.6) is 0 Å². The summed E-state index contributed by atoms with van der Waals surface area (Å²) in [5.74, 6) is 2.10. The molecule has 1 atom stereocenters. The number of aliphatic hydroxyl groups is 1. The van der Waals surface area contributed by atoms with E-state index in [2.05, 4.69) is 29.5 Å². The smallest absolute Gasteiger partial charge is 0.319 e. The fourth-order valence-electron chi connectivity index (χ4n) is 3.09. The Bertz CT molecular complexity index is 722. The molecule has 25 heavy (non-hydrogen) atoms. The molecule has 0 radical (unpaired) electrons. The first-order chi connectivity index (χ1) is 12.0. The van der Waals surface area contributed by atoms with Gasteiger partial charge in [-0.1, -0.05) is 13.8 Å². The fourth-order valence-corrected chi connectivity index (χ4v) is 3.09. The highest BCUT2D eigenvalue weighted by molar-refractivity contribution is 5.91. The molecule has 0 saturated heterocycles. The molecule has 0 bridgehead atoms. The largest absolute Gasteiger partial charge is 0.440 e. The zero-order chi connectivity index (χ0) is 17.8. The molecule has 1 saturated carbocycles. The van der Waals surface area contributed by atoms with Crippen molar-refractivity contribution in [2.75, 3.05) is 18.5 Å². The van der Waals surface area contributed by atoms with Crippen molar-refractivity contribution < 1.29 is 14.3 Å². The second-order valence-corrected chi connectivity index (χ2v) is 7.35. The Morgan fingerprint density at radius 1 is 1.40 bits per heavy atom. The van der Waals surface area contributed by atoms with E-state index in [0.717, 1.165) is 36.3 Å². The summed E-state index contributed by atoms with van der Waals surface area (Å²) < 4.78 is 5.73. The van der Waals surface area contributed by atoms with Gasteiger partial charge in [0.15, 0.2) is 11.5 Å². The zero-order valence-corrected chi connectivity index (χ0v) is 14.9. The van der Waals surface area contributed by atoms with Gasteiger partial charge in [0, 0.05) is 24.8 Å². The minimum atomic E-state index is -0.239. The minimum Gasteiger partial charge on any atom is -0.440 e. The third kappa shape index (κ3) is 4.95. The summed E-state index contributed by atoms with van der Waals surface area (Å²) in [6.07, 6.45) is 3.97. The van der Waals surface area contributed by atoms with Gasteiger partial charge < -0.3 is 20.2 Å². The van der Waals surface area contributed by atoms with Gasteiger partial charge >= 0.3 is 6.03 Å². The summed E-state index contributed by atoms with van der Waals surface area (Å²) in [6.45, 7) is 5.00. The second kappa shape index (κ2) is 7.87. The van der Waals surface area contributed by atoms with Crippen LogP contribution in [0.1, 0.15) is 51.3 Å². The third-order valence-electron chi connectivity index (χ3n) is 4.48. The summed E-state index contributed by atoms with van der Waals surface area (Å²) in [5.41, 5.74) is 2.23. The average Bonchev–Trinajstić information content (AvgIpc) is 3.32. The Kier molecular flexibility index (Phi) is 5.58. The lowest BCUT2D eigenvalue weighted by Gasteiger charge is -2.18. The number of aliphatic hydroxyl groups excluding tert-OH is 1. The number of hydrogen-bond acceptors (Lipinski definition) is 4. The number of aromatic nitrogens is 1. The van der Waals surface area contributed by atoms with E-state index in [1.54, 1.807) is 0 Å². The monoisotopic (exact) mass is 345 g/mol. The number of anilines is 1. The van der Waals surface area contributed by atoms with Crippen LogP contribution in [0.2, 0.25) is 0 Å². The lowest BCUT2D eigenvalue weighted by Crippen LogP contribution is -2.33. The van der Waals surface area contributed by atoms with Crippen LogP contribution < -0.4 is 10.6 Å². The van der Waals surface area contributed by atoms with E-state index in [-0.39, 0.29) is 18.6 Å². The van der Waals surface area contributed by atoms with E-state index in [4.69, 9.17) is 9.52 Å². The molecule has 1 aromatic carbocycles. The predicted octanol–water partition coefficient (Wildman–Crippen LogP) is 3.87. The van der Waals surface area contributed by atoms with Crippen LogP contribution >= 0.6 is 0 Å². The Labute approximate surface area is 148 Å². The number of fused-ring (bicyclic) bond motifs is 1. The number of oxazole rings is 1. The standard InChI is InChI=1S/C19H27N3O3/c1-12(2)9-13(7-8-23)11-20-19(24)21-15-5-6-17-16(10-15)22-18(25-17)14-3-4-14/h5-6,10,12-14,23H,3-4,7-9,11H2,1-2H3,(H2,20,21,24). The van der Waals surface area contributed by atoms with Crippen LogP contribution in [0.25, 0.3) is 11.1 Å². The van der Waals surface area contributed by atoms with Gasteiger partial charge in [-0.3, -0.25) is 0 Å². The SMILES string of the molecule is CC(C)CC(CCO)CNC(=O)Nc1ccc2oc(C3CC3)nc2c1. The maximum Gasteiger partial charge on any atom is 0.319 e. The normalized spacial score (nSPS) is 15.5. The van der Waals surface area contributed by atoms with Crippen molar-refractivity contribution >= 4 is 22.8 Å². The molecule has 1 unspecified atom stereocenters. The van der Waals surface area contributed by atoms with Crippen LogP contribution in [0.15, 0.2) is 22.6 Å². The number of rotatable bonds is 8. The molecular weight excluding hydrogens is 318 g/mol. The minimum absolute atomic E-state index is 0.146. The molecule has 1 heterocycles. The number of amides is 2. The molecule has 3 rings (SSSR count). The lowest BCUT2D eigenvalue weighted by atomic mass is 9.94. The molecule has 2 amide bonds. The molecule has 1 aliphatic carbocycles. The van der Waals surface area contributed by atoms with Crippen LogP contribution in [-0.2, 0) is 0 Å². The number of urea groups is 1. The summed E-state index contributed by atoms with van der Waals surface area (Å²) in [5, 5.41) is 14.9. The maximum atomic E-state index is 12.1. The zero-order valence-electron chi connectivity index (χ0n) is 14.9. The van der Waals surface area contributed by atoms with Gasteiger partial charge in [0.05, 0.1) is 0 Å². The molecule has 6 nitrogen and oxygen atoms in total. The first kappa shape index (κ1) is 17.7. The second-order valence-electron chi connectivity index (χ2n) is 7.35. The molecule has 0 spiro atoms. The van der Waals surface area contributed by atoms with Gasteiger partial charge in [-0.2, -0.15) is 0 Å². The highest BCUT2D eigenvalue weighted by atomic mass is 16.3. The van der Waals surface area contributed by atoms with Crippen LogP contribution in [0.4, 0.5) is 10.5 Å². The van der Waals surface area contributed by atoms with Crippen molar-refractivity contribution in [1.29, 1.82) is 0 Å². The number of nitrogens with one attached hydrogen (secondary N) is 2. The number of benzene rings is 1. The van der Waals surface area contributed by atoms with Gasteiger partial charge in [-0.05, 0) is 55.7 Å². The van der Waals surface area contributed by atoms with Crippen LogP contribution in [0, 0.1) is 11.8 Å². The highest BCUT2D eigenvalue weighted by Gasteiger charge is 2.28. The number of carbonyl (C=O) groups excluding carboxylic acids is 1. The summed E-state index contributed by atoms with van der Waals surface area (Å²) in [4.78, 5) is 16.6. The molecule has 1 aromatic heterocycles. The molecule has 3 N–H and O–H groups in total. The van der Waals surface area contributed by atoms with Gasteiger partial charge in [0.2, 0.25) is 0 Å². The first-order valence-corrected chi connectivity index (χ1v) is 9.11. The molecule has 136 valence electrons. The topological polar surface area (TPSA) is 87.4 Å². The molecular formula is C19H27N3O3. The Morgan fingerprint density at radius 2 is 2.20 bits per heavy atom. The van der Waals surface area contributed by atoms with Gasteiger partial charge in [0.1, 0.15) is 5.52 Å². The quantitative estimate of drug-likeness (QED) is 0.678. The molecule has 0 aliphatic heterocycles. The Hall–Kier alpha value is -2.08. The van der Waals surface area contributed by atoms with E-state index < -0.39 is 0 Å². The van der Waals surface area contributed by atoms with E-state index >= 15 is 0 Å². The fraction of sp³-hybridized carbons (Fsp3) is 0.579. The third-order valence-corrected chi connectivity index (χ3v) is 4.48.